The number of imide groups is 1. The van der Waals surface area contributed by atoms with Gasteiger partial charge in [0.1, 0.15) is 0 Å². The second-order valence-corrected chi connectivity index (χ2v) is 4.47. The molecule has 1 aromatic carbocycles. The number of ether oxygens (including phenoxy) is 2. The number of rotatable bonds is 5. The van der Waals surface area contributed by atoms with Crippen LogP contribution in [-0.4, -0.2) is 30.1 Å². The van der Waals surface area contributed by atoms with E-state index in [1.165, 1.54) is 0 Å². The van der Waals surface area contributed by atoms with Crippen LogP contribution in [0.3, 0.4) is 0 Å². The molecule has 0 atom stereocenters. The first-order chi connectivity index (χ1) is 10.7. The zero-order chi connectivity index (χ0) is 15.9. The topological polar surface area (TPSA) is 104 Å². The van der Waals surface area contributed by atoms with E-state index in [1.807, 2.05) is 36.5 Å². The predicted molar refractivity (Wildman–Crippen MR) is 80.8 cm³/mol. The number of nitrogens with one attached hydrogen (secondary N) is 1. The average molecular weight is 303 g/mol. The van der Waals surface area contributed by atoms with Gasteiger partial charge in [0.2, 0.25) is 5.91 Å². The molecular formula is C15H17N3O4. The lowest BCUT2D eigenvalue weighted by atomic mass is 10.1. The third-order valence-corrected chi connectivity index (χ3v) is 2.79. The molecule has 0 saturated carbocycles. The number of nitrogens with zero attached hydrogens (tertiary/aromatic N) is 1. The van der Waals surface area contributed by atoms with Crippen LogP contribution in [-0.2, 0) is 4.79 Å². The molecule has 2 amide bonds. The Kier molecular flexibility index (Phi) is 5.26. The minimum Gasteiger partial charge on any atom is -0.487 e. The molecule has 116 valence electrons. The van der Waals surface area contributed by atoms with Crippen molar-refractivity contribution in [1.82, 2.24) is 10.3 Å². The summed E-state index contributed by atoms with van der Waals surface area (Å²) in [6, 6.07) is 7.45. The fraction of sp³-hybridized carbons (Fsp3) is 0.267. The zero-order valence-corrected chi connectivity index (χ0v) is 12.2. The number of pyridine rings is 1. The molecule has 0 unspecified atom stereocenters. The summed E-state index contributed by atoms with van der Waals surface area (Å²) in [5, 5.41) is 3.63. The quantitative estimate of drug-likeness (QED) is 0.869. The Bertz CT molecular complexity index is 688. The molecule has 0 aliphatic carbocycles. The van der Waals surface area contributed by atoms with Crippen LogP contribution in [0.2, 0.25) is 0 Å². The normalized spacial score (nSPS) is 10.3. The van der Waals surface area contributed by atoms with Gasteiger partial charge in [-0.15, -0.1) is 0 Å². The van der Waals surface area contributed by atoms with Crippen LogP contribution in [0.1, 0.15) is 13.3 Å². The van der Waals surface area contributed by atoms with Crippen LogP contribution in [0.5, 0.6) is 11.6 Å². The molecule has 1 aromatic heterocycles. The fourth-order valence-electron chi connectivity index (χ4n) is 1.81. The number of amides is 2. The summed E-state index contributed by atoms with van der Waals surface area (Å²) in [5.41, 5.74) is 5.12. The number of carbonyl (C=O) groups is 2. The summed E-state index contributed by atoms with van der Waals surface area (Å²) < 4.78 is 10.7. The lowest BCUT2D eigenvalue weighted by Gasteiger charge is -2.12. The van der Waals surface area contributed by atoms with Crippen molar-refractivity contribution in [2.24, 2.45) is 5.73 Å². The monoisotopic (exact) mass is 303 g/mol. The Morgan fingerprint density at radius 2 is 2.09 bits per heavy atom. The van der Waals surface area contributed by atoms with Gasteiger partial charge in [-0.2, -0.15) is 0 Å². The third kappa shape index (κ3) is 3.70. The van der Waals surface area contributed by atoms with Crippen molar-refractivity contribution in [2.75, 3.05) is 13.2 Å². The number of carbonyl (C=O) groups excluding carboxylic acids is 2. The third-order valence-electron chi connectivity index (χ3n) is 2.79. The molecule has 0 saturated heterocycles. The molecule has 7 nitrogen and oxygen atoms in total. The van der Waals surface area contributed by atoms with Crippen molar-refractivity contribution < 1.29 is 19.1 Å². The van der Waals surface area contributed by atoms with Crippen molar-refractivity contribution in [3.05, 3.63) is 30.5 Å². The van der Waals surface area contributed by atoms with E-state index >= 15 is 0 Å². The zero-order valence-electron chi connectivity index (χ0n) is 12.2. The predicted octanol–water partition coefficient (Wildman–Crippen LogP) is 1.60. The van der Waals surface area contributed by atoms with Gasteiger partial charge in [-0.3, -0.25) is 10.1 Å². The van der Waals surface area contributed by atoms with E-state index in [-0.39, 0.29) is 12.4 Å². The summed E-state index contributed by atoms with van der Waals surface area (Å²) in [7, 11) is 0. The van der Waals surface area contributed by atoms with Crippen LogP contribution in [0, 0.1) is 0 Å². The highest BCUT2D eigenvalue weighted by atomic mass is 16.6. The maximum atomic E-state index is 11.6. The first kappa shape index (κ1) is 15.7. The number of hydrogen-bond donors (Lipinski definition) is 2. The molecule has 2 aromatic rings. The summed E-state index contributed by atoms with van der Waals surface area (Å²) in [5.74, 6) is -0.258. The number of aromatic nitrogens is 1. The Balaban J connectivity index is 2.31. The lowest BCUT2D eigenvalue weighted by Crippen LogP contribution is -2.37. The van der Waals surface area contributed by atoms with Crippen molar-refractivity contribution in [1.29, 1.82) is 0 Å². The fourth-order valence-corrected chi connectivity index (χ4v) is 1.81. The molecule has 0 aliphatic rings. The van der Waals surface area contributed by atoms with Crippen LogP contribution in [0.15, 0.2) is 30.5 Å². The molecule has 3 N–H and O–H groups in total. The van der Waals surface area contributed by atoms with E-state index in [1.54, 1.807) is 6.20 Å². The molecule has 0 radical (unpaired) electrons. The van der Waals surface area contributed by atoms with Crippen LogP contribution < -0.4 is 20.5 Å². The first-order valence-corrected chi connectivity index (χ1v) is 6.88. The molecule has 1 heterocycles. The SMILES string of the molecule is CCCOc1c(OC(=O)NC(=O)CN)ncc2ccccc12. The first-order valence-electron chi connectivity index (χ1n) is 6.88. The van der Waals surface area contributed by atoms with E-state index in [9.17, 15) is 9.59 Å². The lowest BCUT2D eigenvalue weighted by molar-refractivity contribution is -0.118. The van der Waals surface area contributed by atoms with E-state index in [0.29, 0.717) is 12.4 Å². The molecule has 0 spiro atoms. The highest BCUT2D eigenvalue weighted by Crippen LogP contribution is 2.33. The van der Waals surface area contributed by atoms with Gasteiger partial charge >= 0.3 is 6.09 Å². The van der Waals surface area contributed by atoms with E-state index in [2.05, 4.69) is 4.98 Å². The average Bonchev–Trinajstić information content (AvgIpc) is 2.53. The molecule has 2 rings (SSSR count). The number of benzene rings is 1. The van der Waals surface area contributed by atoms with Gasteiger partial charge in [0.25, 0.3) is 5.88 Å². The standard InChI is InChI=1S/C15H17N3O4/c1-2-7-21-13-11-6-4-3-5-10(11)9-17-14(13)22-15(20)18-12(19)8-16/h3-6,9H,2,7-8,16H2,1H3,(H,18,19,20). The molecular weight excluding hydrogens is 286 g/mol. The van der Waals surface area contributed by atoms with Crippen molar-refractivity contribution in [2.45, 2.75) is 13.3 Å². The van der Waals surface area contributed by atoms with Crippen LogP contribution in [0.4, 0.5) is 4.79 Å². The second kappa shape index (κ2) is 7.37. The molecule has 0 aliphatic heterocycles. The minimum atomic E-state index is -0.945. The highest BCUT2D eigenvalue weighted by molar-refractivity contribution is 5.94. The van der Waals surface area contributed by atoms with Gasteiger partial charge in [-0.25, -0.2) is 9.78 Å². The van der Waals surface area contributed by atoms with E-state index in [0.717, 1.165) is 17.2 Å². The number of nitrogens with two attached hydrogens (primary N) is 1. The molecule has 0 bridgehead atoms. The summed E-state index contributed by atoms with van der Waals surface area (Å²) in [6.07, 6.45) is 1.42. The van der Waals surface area contributed by atoms with Crippen molar-refractivity contribution in [3.8, 4) is 11.6 Å². The summed E-state index contributed by atoms with van der Waals surface area (Å²) in [6.45, 7) is 2.11. The van der Waals surface area contributed by atoms with Gasteiger partial charge in [0.05, 0.1) is 13.2 Å². The van der Waals surface area contributed by atoms with Crippen LogP contribution >= 0.6 is 0 Å². The maximum absolute atomic E-state index is 11.6. The van der Waals surface area contributed by atoms with E-state index in [4.69, 9.17) is 15.2 Å². The number of fused-ring (bicyclic) bond motifs is 1. The maximum Gasteiger partial charge on any atom is 0.420 e. The molecule has 0 fully saturated rings. The van der Waals surface area contributed by atoms with Gasteiger partial charge < -0.3 is 15.2 Å². The largest absolute Gasteiger partial charge is 0.487 e. The van der Waals surface area contributed by atoms with Gasteiger partial charge in [-0.1, -0.05) is 31.2 Å². The highest BCUT2D eigenvalue weighted by Gasteiger charge is 2.16. The Hall–Kier alpha value is -2.67. The van der Waals surface area contributed by atoms with E-state index < -0.39 is 12.0 Å². The number of hydrogen-bond acceptors (Lipinski definition) is 6. The smallest absolute Gasteiger partial charge is 0.420 e. The Morgan fingerprint density at radius 1 is 1.32 bits per heavy atom. The van der Waals surface area contributed by atoms with Crippen molar-refractivity contribution in [3.63, 3.8) is 0 Å². The molecule has 22 heavy (non-hydrogen) atoms. The van der Waals surface area contributed by atoms with Gasteiger partial charge in [0, 0.05) is 17.0 Å². The summed E-state index contributed by atoms with van der Waals surface area (Å²) >= 11 is 0. The second-order valence-electron chi connectivity index (χ2n) is 4.47. The Labute approximate surface area is 127 Å². The Morgan fingerprint density at radius 3 is 2.82 bits per heavy atom. The van der Waals surface area contributed by atoms with Gasteiger partial charge in [-0.05, 0) is 6.42 Å². The molecule has 7 heteroatoms. The minimum absolute atomic E-state index is 0.00877. The van der Waals surface area contributed by atoms with Gasteiger partial charge in [0.15, 0.2) is 5.75 Å². The van der Waals surface area contributed by atoms with Crippen LogP contribution in [0.25, 0.3) is 10.8 Å². The van der Waals surface area contributed by atoms with Crippen molar-refractivity contribution >= 4 is 22.8 Å². The summed E-state index contributed by atoms with van der Waals surface area (Å²) in [4.78, 5) is 26.8.